The molecule has 2 rings (SSSR count). The van der Waals surface area contributed by atoms with Crippen molar-refractivity contribution < 1.29 is 9.53 Å². The van der Waals surface area contributed by atoms with E-state index in [4.69, 9.17) is 9.72 Å². The van der Waals surface area contributed by atoms with Crippen LogP contribution in [0.5, 0.6) is 0 Å². The molecule has 0 aliphatic heterocycles. The van der Waals surface area contributed by atoms with E-state index in [1.54, 1.807) is 17.5 Å². The minimum atomic E-state index is -0.530. The highest BCUT2D eigenvalue weighted by molar-refractivity contribution is 7.09. The molecule has 1 amide bonds. The van der Waals surface area contributed by atoms with E-state index in [1.165, 1.54) is 0 Å². The summed E-state index contributed by atoms with van der Waals surface area (Å²) in [6.45, 7) is 12.0. The molecule has 136 valence electrons. The first-order valence-corrected chi connectivity index (χ1v) is 9.31. The summed E-state index contributed by atoms with van der Waals surface area (Å²) < 4.78 is 5.25. The van der Waals surface area contributed by atoms with E-state index >= 15 is 0 Å². The highest BCUT2D eigenvalue weighted by Gasteiger charge is 2.18. The predicted molar refractivity (Wildman–Crippen MR) is 102 cm³/mol. The van der Waals surface area contributed by atoms with Crippen molar-refractivity contribution in [2.45, 2.75) is 65.4 Å². The number of aryl methyl sites for hydroxylation is 2. The Morgan fingerprint density at radius 3 is 2.52 bits per heavy atom. The van der Waals surface area contributed by atoms with Gasteiger partial charge in [-0.2, -0.15) is 0 Å². The third-order valence-corrected chi connectivity index (χ3v) is 4.31. The molecule has 0 unspecified atom stereocenters. The van der Waals surface area contributed by atoms with Crippen LogP contribution in [-0.4, -0.2) is 21.7 Å². The van der Waals surface area contributed by atoms with Crippen LogP contribution in [0.25, 0.3) is 0 Å². The normalized spacial score (nSPS) is 12.1. The molecule has 0 radical (unpaired) electrons. The minimum Gasteiger partial charge on any atom is -0.444 e. The lowest BCUT2D eigenvalue weighted by Gasteiger charge is -2.19. The molecule has 0 aliphatic carbocycles. The maximum absolute atomic E-state index is 11.8. The van der Waals surface area contributed by atoms with Crippen molar-refractivity contribution in [2.75, 3.05) is 5.32 Å². The first kappa shape index (κ1) is 19.4. The van der Waals surface area contributed by atoms with Crippen LogP contribution in [0.15, 0.2) is 23.7 Å². The van der Waals surface area contributed by atoms with Crippen LogP contribution in [0.2, 0.25) is 0 Å². The fourth-order valence-corrected chi connectivity index (χ4v) is 3.15. The molecule has 2 heterocycles. The summed E-state index contributed by atoms with van der Waals surface area (Å²) in [5.74, 6) is 0.501. The first-order chi connectivity index (χ1) is 11.5. The number of nitrogens with zero attached hydrogens (tertiary/aromatic N) is 2. The zero-order valence-corrected chi connectivity index (χ0v) is 16.7. The molecule has 1 N–H and O–H groups in total. The van der Waals surface area contributed by atoms with Gasteiger partial charge in [-0.25, -0.2) is 14.8 Å². The number of rotatable bonds is 4. The number of thiazole rings is 1. The van der Waals surface area contributed by atoms with Crippen LogP contribution in [0.1, 0.15) is 57.8 Å². The van der Waals surface area contributed by atoms with Crippen LogP contribution in [-0.2, 0) is 23.0 Å². The first-order valence-electron chi connectivity index (χ1n) is 8.43. The van der Waals surface area contributed by atoms with Gasteiger partial charge in [-0.05, 0) is 44.9 Å². The summed E-state index contributed by atoms with van der Waals surface area (Å²) >= 11 is 1.70. The third kappa shape index (κ3) is 6.46. The van der Waals surface area contributed by atoms with Crippen LogP contribution >= 0.6 is 11.3 Å². The lowest BCUT2D eigenvalue weighted by atomic mass is 9.93. The zero-order valence-electron chi connectivity index (χ0n) is 15.8. The molecule has 2 aromatic rings. The fraction of sp³-hybridized carbons (Fsp3) is 0.526. The number of hydrogen-bond donors (Lipinski definition) is 1. The minimum absolute atomic E-state index is 0.0793. The zero-order chi connectivity index (χ0) is 18.7. The van der Waals surface area contributed by atoms with Crippen LogP contribution in [0.4, 0.5) is 10.6 Å². The Labute approximate surface area is 153 Å². The van der Waals surface area contributed by atoms with Gasteiger partial charge < -0.3 is 4.74 Å². The Balaban J connectivity index is 1.95. The number of hydrogen-bond acceptors (Lipinski definition) is 5. The summed E-state index contributed by atoms with van der Waals surface area (Å²) in [5, 5.41) is 5.94. The average Bonchev–Trinajstić information content (AvgIpc) is 2.92. The molecule has 0 aromatic carbocycles. The summed E-state index contributed by atoms with van der Waals surface area (Å²) in [4.78, 5) is 20.7. The number of amides is 1. The van der Waals surface area contributed by atoms with Gasteiger partial charge in [0, 0.05) is 23.4 Å². The Hall–Kier alpha value is -1.95. The van der Waals surface area contributed by atoms with Crippen LogP contribution < -0.4 is 5.32 Å². The van der Waals surface area contributed by atoms with Gasteiger partial charge in [0.05, 0.1) is 10.7 Å². The van der Waals surface area contributed by atoms with Gasteiger partial charge in [0.15, 0.2) is 0 Å². The molecule has 0 saturated carbocycles. The Morgan fingerprint density at radius 1 is 1.20 bits per heavy atom. The van der Waals surface area contributed by atoms with Crippen molar-refractivity contribution in [3.8, 4) is 0 Å². The lowest BCUT2D eigenvalue weighted by Crippen LogP contribution is -2.27. The molecule has 0 atom stereocenters. The van der Waals surface area contributed by atoms with E-state index in [-0.39, 0.29) is 5.41 Å². The van der Waals surface area contributed by atoms with Gasteiger partial charge in [0.25, 0.3) is 0 Å². The largest absolute Gasteiger partial charge is 0.444 e. The number of anilines is 1. The second kappa shape index (κ2) is 7.52. The number of aromatic nitrogens is 2. The molecule has 0 aliphatic rings. The monoisotopic (exact) mass is 361 g/mol. The van der Waals surface area contributed by atoms with E-state index in [1.807, 2.05) is 32.9 Å². The SMILES string of the molecule is CC(C)(C)OC(=O)Nc1cc(CCc2nc(C(C)(C)C)cs2)ccn1. The van der Waals surface area contributed by atoms with Gasteiger partial charge in [0.2, 0.25) is 0 Å². The van der Waals surface area contributed by atoms with E-state index in [0.717, 1.165) is 29.1 Å². The van der Waals surface area contributed by atoms with Gasteiger partial charge in [-0.1, -0.05) is 20.8 Å². The van der Waals surface area contributed by atoms with Gasteiger partial charge in [-0.15, -0.1) is 11.3 Å². The van der Waals surface area contributed by atoms with Crippen LogP contribution in [0, 0.1) is 0 Å². The molecule has 0 spiro atoms. The van der Waals surface area contributed by atoms with Crippen molar-refractivity contribution >= 4 is 23.2 Å². The maximum Gasteiger partial charge on any atom is 0.413 e. The molecule has 25 heavy (non-hydrogen) atoms. The molecule has 0 saturated heterocycles. The molecule has 5 nitrogen and oxygen atoms in total. The maximum atomic E-state index is 11.8. The Morgan fingerprint density at radius 2 is 1.92 bits per heavy atom. The molecular formula is C19H27N3O2S. The molecule has 0 fully saturated rings. The van der Waals surface area contributed by atoms with Gasteiger partial charge >= 0.3 is 6.09 Å². The summed E-state index contributed by atoms with van der Waals surface area (Å²) in [5.41, 5.74) is 1.79. The molecule has 6 heteroatoms. The Kier molecular flexibility index (Phi) is 5.83. The van der Waals surface area contributed by atoms with Crippen molar-refractivity contribution in [1.82, 2.24) is 9.97 Å². The van der Waals surface area contributed by atoms with E-state index < -0.39 is 11.7 Å². The highest BCUT2D eigenvalue weighted by Crippen LogP contribution is 2.24. The molecule has 0 bridgehead atoms. The second-order valence-electron chi connectivity index (χ2n) is 8.05. The topological polar surface area (TPSA) is 64.1 Å². The van der Waals surface area contributed by atoms with Crippen LogP contribution in [0.3, 0.4) is 0 Å². The smallest absolute Gasteiger partial charge is 0.413 e. The predicted octanol–water partition coefficient (Wildman–Crippen LogP) is 4.97. The summed E-state index contributed by atoms with van der Waals surface area (Å²) in [6.07, 6.45) is 2.93. The van der Waals surface area contributed by atoms with E-state index in [9.17, 15) is 4.79 Å². The number of pyridine rings is 1. The number of ether oxygens (including phenoxy) is 1. The van der Waals surface area contributed by atoms with Crippen molar-refractivity contribution in [2.24, 2.45) is 0 Å². The standard InChI is InChI=1S/C19H27N3O2S/c1-18(2,3)14-12-25-16(21-14)8-7-13-9-10-20-15(11-13)22-17(23)24-19(4,5)6/h9-12H,7-8H2,1-6H3,(H,20,22,23). The van der Waals surface area contributed by atoms with Crippen molar-refractivity contribution in [3.05, 3.63) is 40.0 Å². The van der Waals surface area contributed by atoms with E-state index in [2.05, 4.69) is 36.5 Å². The van der Waals surface area contributed by atoms with Crippen molar-refractivity contribution in [1.29, 1.82) is 0 Å². The Bertz CT molecular complexity index is 727. The highest BCUT2D eigenvalue weighted by atomic mass is 32.1. The summed E-state index contributed by atoms with van der Waals surface area (Å²) in [6, 6.07) is 3.83. The van der Waals surface area contributed by atoms with E-state index in [0.29, 0.717) is 5.82 Å². The fourth-order valence-electron chi connectivity index (χ4n) is 2.13. The lowest BCUT2D eigenvalue weighted by molar-refractivity contribution is 0.0635. The quantitative estimate of drug-likeness (QED) is 0.835. The summed E-state index contributed by atoms with van der Waals surface area (Å²) in [7, 11) is 0. The number of carbonyl (C=O) groups is 1. The van der Waals surface area contributed by atoms with Gasteiger partial charge in [0.1, 0.15) is 11.4 Å². The van der Waals surface area contributed by atoms with Crippen molar-refractivity contribution in [3.63, 3.8) is 0 Å². The van der Waals surface area contributed by atoms with Gasteiger partial charge in [-0.3, -0.25) is 5.32 Å². The molecular weight excluding hydrogens is 334 g/mol. The average molecular weight is 362 g/mol. The number of nitrogens with one attached hydrogen (secondary N) is 1. The number of carbonyl (C=O) groups excluding carboxylic acids is 1. The second-order valence-corrected chi connectivity index (χ2v) is 9.00. The third-order valence-electron chi connectivity index (χ3n) is 3.40. The molecule has 2 aromatic heterocycles.